The largest absolute Gasteiger partial charge is 0.497 e. The lowest BCUT2D eigenvalue weighted by Crippen LogP contribution is -2.44. The van der Waals surface area contributed by atoms with E-state index >= 15 is 0 Å². The molecule has 0 unspecified atom stereocenters. The minimum Gasteiger partial charge on any atom is -0.497 e. The molecule has 214 valence electrons. The molecule has 0 saturated carbocycles. The first-order valence-electron chi connectivity index (χ1n) is 13.9. The van der Waals surface area contributed by atoms with Gasteiger partial charge >= 0.3 is 0 Å². The number of carbonyl (C=O) groups is 2. The standard InChI is InChI=1S/C34H39N3O4/c1-26(2)21-37(34(39)29-15-17-31(40-3)18-16-29)25-33(38)36(22-27-10-6-5-7-11-27)24-30-13-9-19-35(30)23-28-12-8-14-32(20-28)41-4/h5-20,26H,21-25H2,1-4H3. The summed E-state index contributed by atoms with van der Waals surface area (Å²) in [5, 5.41) is 0. The van der Waals surface area contributed by atoms with Crippen molar-refractivity contribution in [3.05, 3.63) is 120 Å². The number of benzene rings is 3. The Kier molecular flexibility index (Phi) is 10.2. The van der Waals surface area contributed by atoms with Crippen molar-refractivity contribution in [2.75, 3.05) is 27.3 Å². The van der Waals surface area contributed by atoms with Crippen molar-refractivity contribution < 1.29 is 19.1 Å². The molecule has 4 aromatic rings. The van der Waals surface area contributed by atoms with Crippen molar-refractivity contribution in [1.82, 2.24) is 14.4 Å². The molecule has 0 bridgehead atoms. The van der Waals surface area contributed by atoms with Gasteiger partial charge in [-0.05, 0) is 65.6 Å². The molecule has 0 atom stereocenters. The lowest BCUT2D eigenvalue weighted by Gasteiger charge is -2.29. The maximum atomic E-state index is 13.9. The molecule has 0 saturated heterocycles. The van der Waals surface area contributed by atoms with Gasteiger partial charge in [-0.25, -0.2) is 0 Å². The Labute approximate surface area is 242 Å². The van der Waals surface area contributed by atoms with Gasteiger partial charge in [0, 0.05) is 37.1 Å². The number of hydrogen-bond acceptors (Lipinski definition) is 4. The van der Waals surface area contributed by atoms with Crippen LogP contribution >= 0.6 is 0 Å². The summed E-state index contributed by atoms with van der Waals surface area (Å²) in [5.41, 5.74) is 3.68. The fourth-order valence-corrected chi connectivity index (χ4v) is 4.79. The SMILES string of the molecule is COc1ccc(C(=O)N(CC(=O)N(Cc2ccccc2)Cc2cccn2Cc2cccc(OC)c2)CC(C)C)cc1. The predicted molar refractivity (Wildman–Crippen MR) is 161 cm³/mol. The molecular weight excluding hydrogens is 514 g/mol. The van der Waals surface area contributed by atoms with E-state index in [1.165, 1.54) is 0 Å². The molecule has 1 aromatic heterocycles. The highest BCUT2D eigenvalue weighted by Gasteiger charge is 2.24. The summed E-state index contributed by atoms with van der Waals surface area (Å²) >= 11 is 0. The highest BCUT2D eigenvalue weighted by molar-refractivity contribution is 5.96. The molecule has 1 heterocycles. The number of methoxy groups -OCH3 is 2. The number of ether oxygens (including phenoxy) is 2. The third kappa shape index (κ3) is 8.24. The number of amides is 2. The molecule has 0 fully saturated rings. The molecule has 0 aliphatic heterocycles. The fourth-order valence-electron chi connectivity index (χ4n) is 4.79. The van der Waals surface area contributed by atoms with Crippen LogP contribution in [-0.4, -0.2) is 53.5 Å². The maximum Gasteiger partial charge on any atom is 0.254 e. The van der Waals surface area contributed by atoms with Crippen molar-refractivity contribution >= 4 is 11.8 Å². The molecule has 0 N–H and O–H groups in total. The Morgan fingerprint density at radius 1 is 0.756 bits per heavy atom. The number of aromatic nitrogens is 1. The quantitative estimate of drug-likeness (QED) is 0.207. The van der Waals surface area contributed by atoms with Crippen LogP contribution in [0.3, 0.4) is 0 Å². The summed E-state index contributed by atoms with van der Waals surface area (Å²) < 4.78 is 12.8. The molecule has 0 radical (unpaired) electrons. The molecule has 0 aliphatic carbocycles. The summed E-state index contributed by atoms with van der Waals surface area (Å²) in [7, 11) is 3.25. The van der Waals surface area contributed by atoms with Gasteiger partial charge in [0.1, 0.15) is 18.0 Å². The molecule has 2 amide bonds. The normalized spacial score (nSPS) is 10.9. The summed E-state index contributed by atoms with van der Waals surface area (Å²) in [6, 6.07) is 29.0. The van der Waals surface area contributed by atoms with E-state index in [4.69, 9.17) is 9.47 Å². The van der Waals surface area contributed by atoms with Crippen molar-refractivity contribution in [2.24, 2.45) is 5.92 Å². The first kappa shape index (κ1) is 29.5. The average molecular weight is 554 g/mol. The van der Waals surface area contributed by atoms with Crippen LogP contribution in [0.4, 0.5) is 0 Å². The highest BCUT2D eigenvalue weighted by atomic mass is 16.5. The zero-order valence-corrected chi connectivity index (χ0v) is 24.3. The van der Waals surface area contributed by atoms with Crippen LogP contribution < -0.4 is 9.47 Å². The van der Waals surface area contributed by atoms with Gasteiger partial charge in [0.25, 0.3) is 5.91 Å². The van der Waals surface area contributed by atoms with Crippen molar-refractivity contribution in [3.8, 4) is 11.5 Å². The monoisotopic (exact) mass is 553 g/mol. The van der Waals surface area contributed by atoms with Crippen LogP contribution in [0, 0.1) is 5.92 Å². The second-order valence-electron chi connectivity index (χ2n) is 10.5. The minimum atomic E-state index is -0.171. The van der Waals surface area contributed by atoms with Gasteiger partial charge in [0.05, 0.1) is 20.8 Å². The van der Waals surface area contributed by atoms with Gasteiger partial charge in [0.2, 0.25) is 5.91 Å². The van der Waals surface area contributed by atoms with Crippen molar-refractivity contribution in [2.45, 2.75) is 33.5 Å². The third-order valence-electron chi connectivity index (χ3n) is 6.87. The van der Waals surface area contributed by atoms with Crippen LogP contribution in [0.5, 0.6) is 11.5 Å². The topological polar surface area (TPSA) is 64.0 Å². The van der Waals surface area contributed by atoms with Crippen LogP contribution in [0.15, 0.2) is 97.2 Å². The number of carbonyl (C=O) groups excluding carboxylic acids is 2. The average Bonchev–Trinajstić information content (AvgIpc) is 3.42. The molecule has 7 heteroatoms. The third-order valence-corrected chi connectivity index (χ3v) is 6.87. The molecule has 3 aromatic carbocycles. The van der Waals surface area contributed by atoms with Crippen LogP contribution in [-0.2, 0) is 24.4 Å². The van der Waals surface area contributed by atoms with E-state index in [0.717, 1.165) is 22.6 Å². The minimum absolute atomic E-state index is 0.00747. The molecule has 0 spiro atoms. The molecular formula is C34H39N3O4. The molecule has 4 rings (SSSR count). The van der Waals surface area contributed by atoms with Gasteiger partial charge in [-0.15, -0.1) is 0 Å². The van der Waals surface area contributed by atoms with Gasteiger partial charge in [0.15, 0.2) is 0 Å². The number of rotatable bonds is 13. The zero-order valence-electron chi connectivity index (χ0n) is 24.3. The Hall–Kier alpha value is -4.52. The first-order chi connectivity index (χ1) is 19.9. The lowest BCUT2D eigenvalue weighted by atomic mass is 10.1. The Bertz CT molecular complexity index is 1410. The first-order valence-corrected chi connectivity index (χ1v) is 13.9. The number of nitrogens with zero attached hydrogens (tertiary/aromatic N) is 3. The Balaban J connectivity index is 1.57. The molecule has 41 heavy (non-hydrogen) atoms. The Morgan fingerprint density at radius 3 is 2.15 bits per heavy atom. The van der Waals surface area contributed by atoms with Crippen molar-refractivity contribution in [3.63, 3.8) is 0 Å². The summed E-state index contributed by atoms with van der Waals surface area (Å²) in [6.07, 6.45) is 2.03. The number of hydrogen-bond donors (Lipinski definition) is 0. The maximum absolute atomic E-state index is 13.9. The van der Waals surface area contributed by atoms with Gasteiger partial charge < -0.3 is 23.8 Å². The van der Waals surface area contributed by atoms with Gasteiger partial charge in [-0.2, -0.15) is 0 Å². The second-order valence-corrected chi connectivity index (χ2v) is 10.5. The Morgan fingerprint density at radius 2 is 1.46 bits per heavy atom. The second kappa shape index (κ2) is 14.2. The van der Waals surface area contributed by atoms with Crippen molar-refractivity contribution in [1.29, 1.82) is 0 Å². The zero-order chi connectivity index (χ0) is 29.2. The van der Waals surface area contributed by atoms with E-state index in [1.54, 1.807) is 43.4 Å². The van der Waals surface area contributed by atoms with E-state index in [-0.39, 0.29) is 24.3 Å². The van der Waals surface area contributed by atoms with E-state index in [0.29, 0.717) is 37.5 Å². The van der Waals surface area contributed by atoms with Gasteiger partial charge in [-0.1, -0.05) is 56.3 Å². The van der Waals surface area contributed by atoms with E-state index in [2.05, 4.69) is 10.6 Å². The highest BCUT2D eigenvalue weighted by Crippen LogP contribution is 2.18. The molecule has 0 aliphatic rings. The predicted octanol–water partition coefficient (Wildman–Crippen LogP) is 5.88. The lowest BCUT2D eigenvalue weighted by molar-refractivity contribution is -0.133. The van der Waals surface area contributed by atoms with E-state index < -0.39 is 0 Å². The summed E-state index contributed by atoms with van der Waals surface area (Å²) in [5.74, 6) is 1.41. The van der Waals surface area contributed by atoms with Crippen LogP contribution in [0.2, 0.25) is 0 Å². The van der Waals surface area contributed by atoms with Crippen LogP contribution in [0.1, 0.15) is 41.0 Å². The van der Waals surface area contributed by atoms with Crippen LogP contribution in [0.25, 0.3) is 0 Å². The van der Waals surface area contributed by atoms with E-state index in [9.17, 15) is 9.59 Å². The summed E-state index contributed by atoms with van der Waals surface area (Å²) in [4.78, 5) is 31.0. The molecule has 7 nitrogen and oxygen atoms in total. The smallest absolute Gasteiger partial charge is 0.254 e. The van der Waals surface area contributed by atoms with Gasteiger partial charge in [-0.3, -0.25) is 9.59 Å². The summed E-state index contributed by atoms with van der Waals surface area (Å²) in [6.45, 7) is 6.07. The fraction of sp³-hybridized carbons (Fsp3) is 0.294. The van der Waals surface area contributed by atoms with E-state index in [1.807, 2.05) is 85.6 Å².